The van der Waals surface area contributed by atoms with E-state index in [4.69, 9.17) is 5.11 Å². The summed E-state index contributed by atoms with van der Waals surface area (Å²) in [6.07, 6.45) is 0.858. The molecule has 1 heterocycles. The first-order valence-electron chi connectivity index (χ1n) is 2.66. The summed E-state index contributed by atoms with van der Waals surface area (Å²) in [4.78, 5) is 13.1. The van der Waals surface area contributed by atoms with Gasteiger partial charge in [0.1, 0.15) is 5.82 Å². The van der Waals surface area contributed by atoms with Crippen molar-refractivity contribution in [2.75, 3.05) is 0 Å². The van der Waals surface area contributed by atoms with Crippen LogP contribution in [0.1, 0.15) is 10.4 Å². The summed E-state index contributed by atoms with van der Waals surface area (Å²) in [5.41, 5.74) is -1.02. The van der Waals surface area contributed by atoms with Crippen LogP contribution in [0.25, 0.3) is 0 Å². The van der Waals surface area contributed by atoms with Crippen LogP contribution in [-0.2, 0) is 0 Å². The van der Waals surface area contributed by atoms with Crippen molar-refractivity contribution in [1.82, 2.24) is 4.98 Å². The third kappa shape index (κ3) is 1.31. The van der Waals surface area contributed by atoms with Gasteiger partial charge in [0.2, 0.25) is 5.95 Å². The maximum Gasteiger partial charge on any atom is 0.343 e. The van der Waals surface area contributed by atoms with Gasteiger partial charge in [0, 0.05) is 6.20 Å². The van der Waals surface area contributed by atoms with Gasteiger partial charge in [0.15, 0.2) is 5.56 Å². The molecule has 0 spiro atoms. The largest absolute Gasteiger partial charge is 0.477 e. The number of carboxylic acid groups (broad SMARTS) is 1. The maximum atomic E-state index is 12.4. The lowest BCUT2D eigenvalue weighted by Crippen LogP contribution is -2.05. The van der Waals surface area contributed by atoms with Crippen molar-refractivity contribution in [3.05, 3.63) is 29.6 Å². The molecular weight excluding hydrogens is 156 g/mol. The Balaban J connectivity index is 3.32. The fraction of sp³-hybridized carbons (Fsp3) is 0. The van der Waals surface area contributed by atoms with Crippen molar-refractivity contribution in [3.63, 3.8) is 0 Å². The highest BCUT2D eigenvalue weighted by Crippen LogP contribution is 2.08. The van der Waals surface area contributed by atoms with Gasteiger partial charge < -0.3 is 5.11 Å². The smallest absolute Gasteiger partial charge is 0.343 e. The standard InChI is InChI=1S/C6H3F2NO2/c7-3-1-2-9-5(8)4(3)6(10)11/h1-2H,(H,10,11). The van der Waals surface area contributed by atoms with Crippen LogP contribution in [0.3, 0.4) is 0 Å². The fourth-order valence-electron chi connectivity index (χ4n) is 0.605. The zero-order valence-corrected chi connectivity index (χ0v) is 5.21. The summed E-state index contributed by atoms with van der Waals surface area (Å²) in [7, 11) is 0. The Bertz CT molecular complexity index is 280. The Morgan fingerprint density at radius 1 is 1.55 bits per heavy atom. The second-order valence-corrected chi connectivity index (χ2v) is 1.76. The number of nitrogens with zero attached hydrogens (tertiary/aromatic N) is 1. The van der Waals surface area contributed by atoms with Crippen LogP contribution in [0.15, 0.2) is 12.3 Å². The summed E-state index contributed by atoms with van der Waals surface area (Å²) >= 11 is 0. The first-order valence-corrected chi connectivity index (χ1v) is 2.66. The molecule has 0 aliphatic heterocycles. The van der Waals surface area contributed by atoms with E-state index < -0.39 is 23.3 Å². The molecule has 1 N–H and O–H groups in total. The zero-order valence-electron chi connectivity index (χ0n) is 5.21. The van der Waals surface area contributed by atoms with Gasteiger partial charge >= 0.3 is 5.97 Å². The Morgan fingerprint density at radius 3 is 2.55 bits per heavy atom. The quantitative estimate of drug-likeness (QED) is 0.623. The summed E-state index contributed by atoms with van der Waals surface area (Å²) in [6, 6.07) is 0.784. The molecule has 0 aliphatic carbocycles. The molecule has 0 aliphatic rings. The van der Waals surface area contributed by atoms with E-state index in [0.717, 1.165) is 12.3 Å². The van der Waals surface area contributed by atoms with Gasteiger partial charge in [-0.3, -0.25) is 0 Å². The number of rotatable bonds is 1. The van der Waals surface area contributed by atoms with Crippen LogP contribution < -0.4 is 0 Å². The second kappa shape index (κ2) is 2.61. The van der Waals surface area contributed by atoms with Crippen LogP contribution in [0.4, 0.5) is 8.78 Å². The van der Waals surface area contributed by atoms with Gasteiger partial charge in [-0.1, -0.05) is 0 Å². The number of hydrogen-bond acceptors (Lipinski definition) is 2. The lowest BCUT2D eigenvalue weighted by atomic mass is 10.3. The SMILES string of the molecule is O=C(O)c1c(F)ccnc1F. The minimum absolute atomic E-state index is 0.784. The molecule has 0 aromatic carbocycles. The number of aromatic nitrogens is 1. The summed E-state index contributed by atoms with van der Waals surface area (Å²) in [5, 5.41) is 8.23. The van der Waals surface area contributed by atoms with Gasteiger partial charge in [-0.05, 0) is 6.07 Å². The average Bonchev–Trinajstić information content (AvgIpc) is 1.85. The Morgan fingerprint density at radius 2 is 2.18 bits per heavy atom. The molecule has 0 saturated heterocycles. The summed E-state index contributed by atoms with van der Waals surface area (Å²) in [6.45, 7) is 0. The minimum atomic E-state index is -1.66. The maximum absolute atomic E-state index is 12.4. The molecule has 1 aromatic rings. The molecule has 0 amide bonds. The molecular formula is C6H3F2NO2. The van der Waals surface area contributed by atoms with Crippen LogP contribution in [0, 0.1) is 11.8 Å². The molecule has 5 heteroatoms. The predicted molar refractivity (Wildman–Crippen MR) is 31.1 cm³/mol. The van der Waals surface area contributed by atoms with Gasteiger partial charge in [0.25, 0.3) is 0 Å². The predicted octanol–water partition coefficient (Wildman–Crippen LogP) is 1.06. The number of carboxylic acids is 1. The van der Waals surface area contributed by atoms with E-state index in [0.29, 0.717) is 0 Å². The lowest BCUT2D eigenvalue weighted by molar-refractivity contribution is 0.0685. The monoisotopic (exact) mass is 159 g/mol. The van der Waals surface area contributed by atoms with Crippen LogP contribution in [0.5, 0.6) is 0 Å². The highest BCUT2D eigenvalue weighted by molar-refractivity contribution is 5.87. The molecule has 11 heavy (non-hydrogen) atoms. The van der Waals surface area contributed by atoms with Crippen molar-refractivity contribution in [1.29, 1.82) is 0 Å². The van der Waals surface area contributed by atoms with Gasteiger partial charge in [-0.2, -0.15) is 4.39 Å². The van der Waals surface area contributed by atoms with E-state index in [1.54, 1.807) is 0 Å². The molecule has 0 saturated carbocycles. The molecule has 0 unspecified atom stereocenters. The van der Waals surface area contributed by atoms with E-state index in [-0.39, 0.29) is 0 Å². The van der Waals surface area contributed by atoms with Gasteiger partial charge in [-0.15, -0.1) is 0 Å². The molecule has 0 fully saturated rings. The number of halogens is 2. The average molecular weight is 159 g/mol. The van der Waals surface area contributed by atoms with Crippen molar-refractivity contribution in [3.8, 4) is 0 Å². The van der Waals surface area contributed by atoms with Crippen molar-refractivity contribution < 1.29 is 18.7 Å². The van der Waals surface area contributed by atoms with Crippen LogP contribution in [0.2, 0.25) is 0 Å². The van der Waals surface area contributed by atoms with Crippen LogP contribution in [-0.4, -0.2) is 16.1 Å². The normalized spacial score (nSPS) is 9.64. The first kappa shape index (κ1) is 7.59. The highest BCUT2D eigenvalue weighted by atomic mass is 19.1. The fourth-order valence-corrected chi connectivity index (χ4v) is 0.605. The third-order valence-corrected chi connectivity index (χ3v) is 1.07. The molecule has 58 valence electrons. The van der Waals surface area contributed by atoms with Crippen molar-refractivity contribution in [2.24, 2.45) is 0 Å². The minimum Gasteiger partial charge on any atom is -0.477 e. The van der Waals surface area contributed by atoms with E-state index in [9.17, 15) is 13.6 Å². The third-order valence-electron chi connectivity index (χ3n) is 1.07. The molecule has 0 atom stereocenters. The van der Waals surface area contributed by atoms with E-state index in [2.05, 4.69) is 4.98 Å². The van der Waals surface area contributed by atoms with Crippen molar-refractivity contribution in [2.45, 2.75) is 0 Å². The number of pyridine rings is 1. The number of carbonyl (C=O) groups is 1. The molecule has 1 aromatic heterocycles. The van der Waals surface area contributed by atoms with Gasteiger partial charge in [-0.25, -0.2) is 14.2 Å². The van der Waals surface area contributed by atoms with E-state index in [1.807, 2.05) is 0 Å². The summed E-state index contributed by atoms with van der Waals surface area (Å²) in [5.74, 6) is -4.09. The molecule has 0 radical (unpaired) electrons. The van der Waals surface area contributed by atoms with Crippen molar-refractivity contribution >= 4 is 5.97 Å². The number of hydrogen-bond donors (Lipinski definition) is 1. The zero-order chi connectivity index (χ0) is 8.43. The molecule has 3 nitrogen and oxygen atoms in total. The Labute approximate surface area is 60.3 Å². The molecule has 1 rings (SSSR count). The highest BCUT2D eigenvalue weighted by Gasteiger charge is 2.16. The first-order chi connectivity index (χ1) is 5.13. The second-order valence-electron chi connectivity index (χ2n) is 1.76. The Kier molecular flexibility index (Phi) is 1.80. The number of aromatic carboxylic acids is 1. The topological polar surface area (TPSA) is 50.2 Å². The lowest BCUT2D eigenvalue weighted by Gasteiger charge is -1.95. The van der Waals surface area contributed by atoms with Crippen LogP contribution >= 0.6 is 0 Å². The Hall–Kier alpha value is -1.52. The summed E-state index contributed by atoms with van der Waals surface area (Å²) < 4.78 is 24.8. The molecule has 0 bridgehead atoms. The van der Waals surface area contributed by atoms with E-state index >= 15 is 0 Å². The van der Waals surface area contributed by atoms with Gasteiger partial charge in [0.05, 0.1) is 0 Å². The van der Waals surface area contributed by atoms with E-state index in [1.165, 1.54) is 0 Å².